The third-order valence-corrected chi connectivity index (χ3v) is 4.77. The highest BCUT2D eigenvalue weighted by Gasteiger charge is 2.44. The summed E-state index contributed by atoms with van der Waals surface area (Å²) >= 11 is 11.8. The Morgan fingerprint density at radius 2 is 1.97 bits per heavy atom. The highest BCUT2D eigenvalue weighted by molar-refractivity contribution is 6.42. The van der Waals surface area contributed by atoms with E-state index in [1.54, 1.807) is 18.2 Å². The fraction of sp³-hybridized carbons (Fsp3) is 0.250. The van der Waals surface area contributed by atoms with Crippen LogP contribution < -0.4 is 5.32 Å². The van der Waals surface area contributed by atoms with Crippen molar-refractivity contribution in [2.24, 2.45) is 0 Å². The number of aromatic nitrogens is 5. The van der Waals surface area contributed by atoms with E-state index in [0.717, 1.165) is 12.5 Å². The van der Waals surface area contributed by atoms with Crippen molar-refractivity contribution in [1.29, 1.82) is 0 Å². The molecule has 1 N–H and O–H groups in total. The molecule has 0 atom stereocenters. The minimum Gasteiger partial charge on any atom is -0.292 e. The van der Waals surface area contributed by atoms with Crippen molar-refractivity contribution in [3.8, 4) is 0 Å². The third kappa shape index (κ3) is 5.11. The number of amides is 1. The summed E-state index contributed by atoms with van der Waals surface area (Å²) in [7, 11) is 0. The zero-order valence-corrected chi connectivity index (χ0v) is 17.0. The lowest BCUT2D eigenvalue weighted by Crippen LogP contribution is -2.21. The van der Waals surface area contributed by atoms with Crippen molar-refractivity contribution in [3.63, 3.8) is 0 Å². The predicted octanol–water partition coefficient (Wildman–Crippen LogP) is 3.70. The average molecular weight is 478 g/mol. The highest BCUT2D eigenvalue weighted by Crippen LogP contribution is 2.36. The molecule has 0 radical (unpaired) electrons. The normalized spacial score (nSPS) is 11.5. The Balaban J connectivity index is 1.70. The number of hydrogen-bond donors (Lipinski definition) is 1. The Hall–Kier alpha value is -3.19. The number of alkyl halides is 3. The first-order valence-electron chi connectivity index (χ1n) is 8.38. The van der Waals surface area contributed by atoms with Gasteiger partial charge in [-0.25, -0.2) is 9.67 Å². The van der Waals surface area contributed by atoms with Gasteiger partial charge >= 0.3 is 11.9 Å². The third-order valence-electron chi connectivity index (χ3n) is 4.04. The Morgan fingerprint density at radius 3 is 2.55 bits per heavy atom. The van der Waals surface area contributed by atoms with E-state index in [1.165, 1.54) is 11.0 Å². The van der Waals surface area contributed by atoms with Gasteiger partial charge in [0.05, 0.1) is 21.5 Å². The van der Waals surface area contributed by atoms with E-state index in [-0.39, 0.29) is 12.5 Å². The number of benzene rings is 1. The van der Waals surface area contributed by atoms with E-state index in [2.05, 4.69) is 20.5 Å². The van der Waals surface area contributed by atoms with Crippen LogP contribution in [0.1, 0.15) is 17.0 Å². The molecule has 0 aliphatic rings. The van der Waals surface area contributed by atoms with Gasteiger partial charge in [-0.2, -0.15) is 18.3 Å². The lowest BCUT2D eigenvalue weighted by molar-refractivity contribution is -0.388. The number of carbonyl (C=O) groups excluding carboxylic acids is 1. The first-order chi connectivity index (χ1) is 14.5. The van der Waals surface area contributed by atoms with E-state index in [4.69, 9.17) is 23.2 Å². The molecular weight excluding hydrogens is 466 g/mol. The van der Waals surface area contributed by atoms with Gasteiger partial charge in [0.1, 0.15) is 18.6 Å². The molecule has 164 valence electrons. The lowest BCUT2D eigenvalue weighted by Gasteiger charge is -2.04. The number of halogens is 5. The molecule has 31 heavy (non-hydrogen) atoms. The smallest absolute Gasteiger partial charge is 0.292 e. The molecule has 10 nitrogen and oxygen atoms in total. The van der Waals surface area contributed by atoms with Gasteiger partial charge in [0.25, 0.3) is 0 Å². The van der Waals surface area contributed by atoms with Gasteiger partial charge in [-0.1, -0.05) is 29.3 Å². The zero-order chi connectivity index (χ0) is 22.9. The number of nitro groups is 1. The van der Waals surface area contributed by atoms with Crippen LogP contribution in [0.4, 0.5) is 24.8 Å². The van der Waals surface area contributed by atoms with Crippen LogP contribution >= 0.6 is 23.2 Å². The van der Waals surface area contributed by atoms with Gasteiger partial charge in [0, 0.05) is 0 Å². The summed E-state index contributed by atoms with van der Waals surface area (Å²) in [4.78, 5) is 25.9. The molecule has 0 saturated carbocycles. The topological polar surface area (TPSA) is 121 Å². The molecule has 2 aromatic heterocycles. The maximum Gasteiger partial charge on any atom is 0.442 e. The largest absolute Gasteiger partial charge is 0.442 e. The first kappa shape index (κ1) is 22.5. The molecule has 0 aliphatic carbocycles. The molecule has 3 aromatic rings. The molecule has 0 aliphatic heterocycles. The number of anilines is 1. The SMILES string of the molecule is Cc1c([N+](=O)[O-])c(C(F)(F)F)nn1CC(=O)Nc1ncn(Cc2ccc(Cl)c(Cl)c2)n1. The van der Waals surface area contributed by atoms with Gasteiger partial charge in [-0.3, -0.25) is 24.9 Å². The summed E-state index contributed by atoms with van der Waals surface area (Å²) < 4.78 is 41.0. The summed E-state index contributed by atoms with van der Waals surface area (Å²) in [6.45, 7) is 0.626. The fourth-order valence-electron chi connectivity index (χ4n) is 2.65. The average Bonchev–Trinajstić information content (AvgIpc) is 3.22. The minimum atomic E-state index is -5.04. The molecule has 1 amide bonds. The number of hydrogen-bond acceptors (Lipinski definition) is 6. The summed E-state index contributed by atoms with van der Waals surface area (Å²) in [5.41, 5.74) is -2.53. The van der Waals surface area contributed by atoms with Crippen LogP contribution in [-0.2, 0) is 24.1 Å². The van der Waals surface area contributed by atoms with Crippen LogP contribution in [0.5, 0.6) is 0 Å². The number of carbonyl (C=O) groups is 1. The van der Waals surface area contributed by atoms with E-state index in [9.17, 15) is 28.1 Å². The first-order valence-corrected chi connectivity index (χ1v) is 9.13. The molecule has 0 unspecified atom stereocenters. The molecule has 15 heteroatoms. The van der Waals surface area contributed by atoms with Crippen LogP contribution in [0, 0.1) is 17.0 Å². The van der Waals surface area contributed by atoms with Gasteiger partial charge in [0.2, 0.25) is 17.5 Å². The summed E-state index contributed by atoms with van der Waals surface area (Å²) in [5, 5.41) is 21.2. The van der Waals surface area contributed by atoms with Crippen LogP contribution in [0.2, 0.25) is 10.0 Å². The summed E-state index contributed by atoms with van der Waals surface area (Å²) in [6, 6.07) is 4.97. The monoisotopic (exact) mass is 477 g/mol. The predicted molar refractivity (Wildman–Crippen MR) is 103 cm³/mol. The molecule has 0 spiro atoms. The van der Waals surface area contributed by atoms with E-state index in [0.29, 0.717) is 14.7 Å². The van der Waals surface area contributed by atoms with Crippen LogP contribution in [-0.4, -0.2) is 35.4 Å². The standard InChI is InChI=1S/C16H12Cl2F3N7O3/c1-8-13(28(30)31)14(16(19,20)21)24-27(8)6-12(29)23-15-22-7-26(25-15)5-9-2-3-10(17)11(18)4-9/h2-4,7H,5-6H2,1H3,(H,23,25,29). The van der Waals surface area contributed by atoms with Crippen LogP contribution in [0.15, 0.2) is 24.5 Å². The molecule has 0 bridgehead atoms. The van der Waals surface area contributed by atoms with Gasteiger partial charge in [-0.05, 0) is 24.6 Å². The summed E-state index contributed by atoms with van der Waals surface area (Å²) in [6.07, 6.45) is -3.72. The second kappa shape index (κ2) is 8.51. The van der Waals surface area contributed by atoms with Crippen molar-refractivity contribution in [2.75, 3.05) is 5.32 Å². The van der Waals surface area contributed by atoms with Gasteiger partial charge < -0.3 is 0 Å². The molecule has 2 heterocycles. The number of nitrogens with zero attached hydrogens (tertiary/aromatic N) is 6. The zero-order valence-electron chi connectivity index (χ0n) is 15.5. The second-order valence-electron chi connectivity index (χ2n) is 6.26. The van der Waals surface area contributed by atoms with Gasteiger partial charge in [0.15, 0.2) is 0 Å². The molecule has 3 rings (SSSR count). The van der Waals surface area contributed by atoms with Crippen molar-refractivity contribution >= 4 is 40.7 Å². The van der Waals surface area contributed by atoms with E-state index >= 15 is 0 Å². The Kier molecular flexibility index (Phi) is 6.18. The Labute approximate surface area is 181 Å². The highest BCUT2D eigenvalue weighted by atomic mass is 35.5. The van der Waals surface area contributed by atoms with Crippen LogP contribution in [0.3, 0.4) is 0 Å². The lowest BCUT2D eigenvalue weighted by atomic mass is 10.2. The maximum atomic E-state index is 13.0. The van der Waals surface area contributed by atoms with Gasteiger partial charge in [-0.15, -0.1) is 5.10 Å². The van der Waals surface area contributed by atoms with E-state index < -0.39 is 40.6 Å². The molecular formula is C16H12Cl2F3N7O3. The Bertz CT molecular complexity index is 1160. The number of nitrogens with one attached hydrogen (secondary N) is 1. The maximum absolute atomic E-state index is 13.0. The summed E-state index contributed by atoms with van der Waals surface area (Å²) in [5.74, 6) is -0.929. The van der Waals surface area contributed by atoms with Crippen molar-refractivity contribution in [3.05, 3.63) is 61.6 Å². The van der Waals surface area contributed by atoms with Crippen molar-refractivity contribution < 1.29 is 22.9 Å². The fourth-order valence-corrected chi connectivity index (χ4v) is 2.97. The molecule has 1 aromatic carbocycles. The quantitative estimate of drug-likeness (QED) is 0.426. The number of rotatable bonds is 6. The van der Waals surface area contributed by atoms with E-state index in [1.807, 2.05) is 0 Å². The van der Waals surface area contributed by atoms with Crippen molar-refractivity contribution in [1.82, 2.24) is 24.5 Å². The minimum absolute atomic E-state index is 0.111. The Morgan fingerprint density at radius 1 is 1.26 bits per heavy atom. The molecule has 0 saturated heterocycles. The molecule has 0 fully saturated rings. The van der Waals surface area contributed by atoms with Crippen molar-refractivity contribution in [2.45, 2.75) is 26.2 Å². The van der Waals surface area contributed by atoms with Crippen LogP contribution in [0.25, 0.3) is 0 Å². The second-order valence-corrected chi connectivity index (χ2v) is 7.07.